The Morgan fingerprint density at radius 3 is 2.05 bits per heavy atom. The minimum Gasteiger partial charge on any atom is -0.439 e. The molecule has 13 heteroatoms. The van der Waals surface area contributed by atoms with Crippen LogP contribution in [0.5, 0.6) is 0 Å². The molecule has 1 heterocycles. The van der Waals surface area contributed by atoms with Crippen LogP contribution in [0.25, 0.3) is 0 Å². The predicted molar refractivity (Wildman–Crippen MR) is 178 cm³/mol. The van der Waals surface area contributed by atoms with Gasteiger partial charge in [0.25, 0.3) is 10.1 Å². The van der Waals surface area contributed by atoms with Gasteiger partial charge >= 0.3 is 8.08 Å². The topological polar surface area (TPSA) is 102 Å². The normalized spacial score (nSPS) is 22.7. The number of hydrogen-bond acceptors (Lipinski definition) is 5. The molecule has 2 N–H and O–H groups in total. The third kappa shape index (κ3) is 13.2. The fraction of sp³-hybridized carbons (Fsp3) is 0.963. The summed E-state index contributed by atoms with van der Waals surface area (Å²) in [5, 5.41) is 3.17. The molecule has 0 spiro atoms. The number of carbonyl (C=O) groups excluding carboxylic acids is 1. The lowest BCUT2D eigenvalue weighted by Crippen LogP contribution is -2.82. The van der Waals surface area contributed by atoms with Gasteiger partial charge in [-0.2, -0.15) is 8.42 Å². The third-order valence-electron chi connectivity index (χ3n) is 8.76. The van der Waals surface area contributed by atoms with E-state index in [-0.39, 0.29) is 17.3 Å². The number of nitrogens with zero attached hydrogens (tertiary/aromatic N) is 1. The van der Waals surface area contributed by atoms with E-state index in [0.717, 1.165) is 62.1 Å². The summed E-state index contributed by atoms with van der Waals surface area (Å²) in [6.45, 7) is 24.3. The fourth-order valence-electron chi connectivity index (χ4n) is 6.22. The highest BCUT2D eigenvalue weighted by molar-refractivity contribution is 7.85. The Morgan fingerprint density at radius 2 is 1.52 bits per heavy atom. The van der Waals surface area contributed by atoms with Crippen molar-refractivity contribution in [3.8, 4) is 0 Å². The molecule has 0 aliphatic carbocycles. The predicted octanol–water partition coefficient (Wildman–Crippen LogP) is 5.86. The Bertz CT molecular complexity index is 918. The van der Waals surface area contributed by atoms with Gasteiger partial charge in [-0.15, -0.1) is 0 Å². The van der Waals surface area contributed by atoms with Gasteiger partial charge in [0, 0.05) is 20.6 Å². The lowest BCUT2D eigenvalue weighted by molar-refractivity contribution is -0.890. The zero-order valence-electron chi connectivity index (χ0n) is 27.7. The molecule has 1 saturated heterocycles. The van der Waals surface area contributed by atoms with Gasteiger partial charge in [-0.1, -0.05) is 26.2 Å². The van der Waals surface area contributed by atoms with Gasteiger partial charge in [0.2, 0.25) is 5.91 Å². The number of unbranched alkanes of at least 4 members (excludes halogenated alkanes) is 4. The molecule has 0 aromatic heterocycles. The molecule has 0 aromatic carbocycles. The quantitative estimate of drug-likeness (QED) is 0.0830. The Balaban J connectivity index is 2.45. The Labute approximate surface area is 250 Å². The van der Waals surface area contributed by atoms with Crippen molar-refractivity contribution in [1.82, 2.24) is 5.32 Å². The highest BCUT2D eigenvalue weighted by Gasteiger charge is 2.67. The molecule has 8 nitrogen and oxygen atoms in total. The second-order valence-corrected chi connectivity index (χ2v) is 47.0. The van der Waals surface area contributed by atoms with Crippen molar-refractivity contribution >= 4 is 47.1 Å². The van der Waals surface area contributed by atoms with Crippen molar-refractivity contribution in [3.63, 3.8) is 0 Å². The number of amides is 1. The van der Waals surface area contributed by atoms with E-state index in [4.69, 9.17) is 13.1 Å². The van der Waals surface area contributed by atoms with E-state index in [1.165, 1.54) is 6.04 Å². The maximum Gasteiger partial charge on any atom is 0.303 e. The number of quaternary nitrogens is 1. The van der Waals surface area contributed by atoms with Gasteiger partial charge in [0.1, 0.15) is 7.11 Å². The minimum atomic E-state index is -3.85. The van der Waals surface area contributed by atoms with Crippen LogP contribution >= 0.6 is 0 Å². The molecule has 1 aliphatic rings. The van der Waals surface area contributed by atoms with Crippen LogP contribution < -0.4 is 5.32 Å². The summed E-state index contributed by atoms with van der Waals surface area (Å²) < 4.78 is 45.6. The van der Waals surface area contributed by atoms with E-state index >= 15 is 0 Å². The van der Waals surface area contributed by atoms with E-state index in [9.17, 15) is 13.2 Å². The van der Waals surface area contributed by atoms with Crippen LogP contribution in [-0.2, 0) is 23.5 Å². The third-order valence-corrected chi connectivity index (χ3v) is 50.1. The Kier molecular flexibility index (Phi) is 14.1. The highest BCUT2D eigenvalue weighted by Crippen LogP contribution is 2.47. The van der Waals surface area contributed by atoms with Crippen LogP contribution in [0.2, 0.25) is 57.9 Å². The molecule has 1 aliphatic heterocycles. The number of rotatable bonds is 18. The molecule has 0 saturated carbocycles. The first-order chi connectivity index (χ1) is 17.9. The summed E-state index contributed by atoms with van der Waals surface area (Å²) in [5.74, 6) is -0.00585. The lowest BCUT2D eigenvalue weighted by Gasteiger charge is -2.60. The summed E-state index contributed by atoms with van der Waals surface area (Å²) in [7, 11) is -6.84. The van der Waals surface area contributed by atoms with Crippen LogP contribution in [0.4, 0.5) is 0 Å². The average molecular weight is 656 g/mol. The van der Waals surface area contributed by atoms with Crippen LogP contribution in [0.1, 0.15) is 65.2 Å². The van der Waals surface area contributed by atoms with Crippen LogP contribution in [0, 0.1) is 0 Å². The fourth-order valence-corrected chi connectivity index (χ4v) is 46.5. The molecule has 0 bridgehead atoms. The van der Waals surface area contributed by atoms with Crippen molar-refractivity contribution < 1.29 is 30.8 Å². The zero-order valence-corrected chi connectivity index (χ0v) is 32.6. The molecular weight excluding hydrogens is 593 g/mol. The summed E-state index contributed by atoms with van der Waals surface area (Å²) in [6, 6.07) is 2.19. The van der Waals surface area contributed by atoms with Crippen LogP contribution in [0.3, 0.4) is 0 Å². The van der Waals surface area contributed by atoms with E-state index in [0.29, 0.717) is 19.4 Å². The van der Waals surface area contributed by atoms with E-state index in [1.807, 2.05) is 0 Å². The zero-order chi connectivity index (χ0) is 31.1. The lowest BCUT2D eigenvalue weighted by atomic mass is 10.1. The average Bonchev–Trinajstić information content (AvgIpc) is 2.72. The van der Waals surface area contributed by atoms with Gasteiger partial charge in [-0.3, -0.25) is 9.35 Å². The van der Waals surface area contributed by atoms with Crippen molar-refractivity contribution in [1.29, 1.82) is 0 Å². The molecular formula is C27H63N2O6SSi4+. The summed E-state index contributed by atoms with van der Waals surface area (Å²) in [6.07, 6.45) is 6.75. The second-order valence-electron chi connectivity index (χ2n) is 15.5. The van der Waals surface area contributed by atoms with Gasteiger partial charge in [0.15, 0.2) is 8.32 Å². The van der Waals surface area contributed by atoms with E-state index in [1.54, 1.807) is 0 Å². The molecule has 1 fully saturated rings. The molecule has 0 aromatic rings. The van der Waals surface area contributed by atoms with Gasteiger partial charge in [-0.05, 0) is 90.5 Å². The molecule has 238 valence electrons. The van der Waals surface area contributed by atoms with Gasteiger partial charge < -0.3 is 18.3 Å². The summed E-state index contributed by atoms with van der Waals surface area (Å²) >= 11 is 0. The molecule has 1 atom stereocenters. The van der Waals surface area contributed by atoms with Crippen LogP contribution in [-0.4, -0.2) is 99.5 Å². The highest BCUT2D eigenvalue weighted by atomic mass is 32.2. The van der Waals surface area contributed by atoms with Gasteiger partial charge in [-0.25, -0.2) is 0 Å². The monoisotopic (exact) mass is 655 g/mol. The largest absolute Gasteiger partial charge is 0.439 e. The smallest absolute Gasteiger partial charge is 0.303 e. The summed E-state index contributed by atoms with van der Waals surface area (Å²) in [4.78, 5) is 12.6. The number of carbonyl (C=O) groups is 1. The molecule has 1 rings (SSSR count). The SMILES string of the molecule is CC1(C)C[Si](C)(C)[Si](C)(C)[Si](CCCNC(=O)CCCCC[N+](C)(C)CCCCCS(=O)(=O)O)(O[Si](C)(C)C)O1. The van der Waals surface area contributed by atoms with Crippen molar-refractivity contribution in [3.05, 3.63) is 0 Å². The standard InChI is InChI=1S/C27H62N2O6SSi4/c1-27(2)25-38(8,9)39(10,11)40(34-27,35-37(5,6)7)24-18-20-28-26(30)19-14-12-15-21-29(3,4)22-16-13-17-23-36(31,32)33/h12-25H2,1-11H3,(H-,28,30,31,32,33)/p+1. The first-order valence-corrected chi connectivity index (χ1v) is 30.6. The van der Waals surface area contributed by atoms with Crippen molar-refractivity contribution in [2.45, 2.75) is 129 Å². The Morgan fingerprint density at radius 1 is 0.975 bits per heavy atom. The first kappa shape index (κ1) is 38.2. The summed E-state index contributed by atoms with van der Waals surface area (Å²) in [5.41, 5.74) is -0.121. The van der Waals surface area contributed by atoms with Crippen molar-refractivity contribution in [2.75, 3.05) is 39.5 Å². The van der Waals surface area contributed by atoms with E-state index < -0.39 is 41.2 Å². The second kappa shape index (κ2) is 14.7. The maximum absolute atomic E-state index is 12.6. The maximum atomic E-state index is 12.6. The molecule has 1 amide bonds. The number of hydrogen-bond donors (Lipinski definition) is 2. The van der Waals surface area contributed by atoms with E-state index in [2.05, 4.69) is 79.1 Å². The molecule has 40 heavy (non-hydrogen) atoms. The molecule has 1 unspecified atom stereocenters. The van der Waals surface area contributed by atoms with Gasteiger partial charge in [0.05, 0.1) is 38.5 Å². The first-order valence-electron chi connectivity index (χ1n) is 15.4. The Hall–Kier alpha value is 0.128. The van der Waals surface area contributed by atoms with Crippen LogP contribution in [0.15, 0.2) is 0 Å². The minimum absolute atomic E-state index is 0.121. The number of nitrogens with one attached hydrogen (secondary N) is 1. The van der Waals surface area contributed by atoms with Crippen molar-refractivity contribution in [2.24, 2.45) is 0 Å². The molecule has 0 radical (unpaired) electrons.